The van der Waals surface area contributed by atoms with Crippen molar-refractivity contribution < 1.29 is 13.6 Å². The Hall–Kier alpha value is -1.40. The first-order valence-electron chi connectivity index (χ1n) is 16.2. The van der Waals surface area contributed by atoms with Gasteiger partial charge >= 0.3 is 0 Å². The Bertz CT molecular complexity index is 1210. The van der Waals surface area contributed by atoms with Crippen LogP contribution >= 0.6 is 29.7 Å². The molecule has 0 amide bonds. The highest BCUT2D eigenvalue weighted by atomic mass is 31.0. The summed E-state index contributed by atoms with van der Waals surface area (Å²) < 4.78 is 15.5. The Morgan fingerprint density at radius 2 is 1.12 bits per heavy atom. The second-order valence-electron chi connectivity index (χ2n) is 11.6. The standard InChI is InChI=1S/C9H16BN4O.C9H16N4O.C8H14N4O.C2H6B.3H3P/c1-10-14-4-2-3-7(6-14)9-12-8(5-11)13-15-9;1-13-4-2-3-7(6-13)9-11-8(5-10)12-14-9;9-4-7-11-8(13-12-7)6-2-1-3-10-5-6;1-3-2;;;/h7H,2-6,11H2,1H3;7H,2-6,10H2,1H3;6,10H,1-5,9H2;1-2H3;3*1H3. The van der Waals surface area contributed by atoms with Gasteiger partial charge in [-0.2, -0.15) is 44.6 Å². The molecule has 0 aromatic carbocycles. The van der Waals surface area contributed by atoms with Crippen LogP contribution in [0.5, 0.6) is 0 Å². The number of hydrogen-bond donors (Lipinski definition) is 4. The molecule has 3 fully saturated rings. The van der Waals surface area contributed by atoms with Gasteiger partial charge in [0.1, 0.15) is 7.28 Å². The Kier molecular flexibility index (Phi) is 25.6. The van der Waals surface area contributed by atoms with Crippen LogP contribution in [0.1, 0.15) is 91.4 Å². The molecule has 6 unspecified atom stereocenters. The normalized spacial score (nSPS) is 20.8. The molecule has 6 heterocycles. The number of nitrogens with one attached hydrogen (secondary N) is 1. The number of aromatic nitrogens is 6. The molecular weight excluding hydrogens is 667 g/mol. The number of rotatable bonds is 7. The van der Waals surface area contributed by atoms with Gasteiger partial charge in [0, 0.05) is 13.1 Å². The summed E-state index contributed by atoms with van der Waals surface area (Å²) in [5.41, 5.74) is 16.3. The van der Waals surface area contributed by atoms with Crippen LogP contribution in [0.4, 0.5) is 0 Å². The van der Waals surface area contributed by atoms with E-state index in [1.165, 1.54) is 19.3 Å². The van der Waals surface area contributed by atoms with E-state index in [4.69, 9.17) is 30.8 Å². The van der Waals surface area contributed by atoms with Crippen molar-refractivity contribution in [2.24, 2.45) is 17.2 Å². The van der Waals surface area contributed by atoms with Crippen molar-refractivity contribution in [2.45, 2.75) is 96.4 Å². The minimum Gasteiger partial charge on any atom is -0.346 e. The Morgan fingerprint density at radius 3 is 1.52 bits per heavy atom. The lowest BCUT2D eigenvalue weighted by Crippen LogP contribution is -2.36. The van der Waals surface area contributed by atoms with Gasteiger partial charge < -0.3 is 45.8 Å². The van der Waals surface area contributed by atoms with Crippen molar-refractivity contribution in [1.82, 2.24) is 45.4 Å². The molecule has 272 valence electrons. The van der Waals surface area contributed by atoms with Crippen LogP contribution in [0, 0.1) is 0 Å². The second kappa shape index (κ2) is 26.4. The molecule has 0 bridgehead atoms. The van der Waals surface area contributed by atoms with Gasteiger partial charge in [0.05, 0.1) is 37.4 Å². The van der Waals surface area contributed by atoms with Crippen molar-refractivity contribution in [3.8, 4) is 0 Å². The zero-order valence-corrected chi connectivity index (χ0v) is 33.9. The number of piperidine rings is 3. The topological polar surface area (TPSA) is 213 Å². The van der Waals surface area contributed by atoms with Crippen LogP contribution in [0.25, 0.3) is 0 Å². The molecule has 3 aliphatic heterocycles. The van der Waals surface area contributed by atoms with Gasteiger partial charge in [-0.15, -0.1) is 0 Å². The fraction of sp³-hybridized carbons (Fsp3) is 0.786. The van der Waals surface area contributed by atoms with Crippen LogP contribution in [0.3, 0.4) is 0 Å². The number of nitrogens with two attached hydrogens (primary N) is 3. The monoisotopic (exact) mass is 728 g/mol. The Morgan fingerprint density at radius 1 is 0.688 bits per heavy atom. The van der Waals surface area contributed by atoms with E-state index in [0.29, 0.717) is 54.9 Å². The van der Waals surface area contributed by atoms with Crippen LogP contribution in [-0.4, -0.2) is 101 Å². The summed E-state index contributed by atoms with van der Waals surface area (Å²) in [7, 11) is 6.23. The minimum atomic E-state index is 0. The SMILES string of the molecule is CN1CCCC(c2nc(CN)no2)C1.C[B]C.C[B]N1CCCC(c2nc(CN)no2)C1.NCc1noc(C2CCCNC2)n1.P.P.P. The van der Waals surface area contributed by atoms with Gasteiger partial charge in [-0.05, 0) is 71.8 Å². The first-order chi connectivity index (χ1) is 21.9. The summed E-state index contributed by atoms with van der Waals surface area (Å²) in [5, 5.41) is 14.7. The van der Waals surface area contributed by atoms with E-state index in [1.807, 2.05) is 20.9 Å². The summed E-state index contributed by atoms with van der Waals surface area (Å²) >= 11 is 0. The van der Waals surface area contributed by atoms with Crippen LogP contribution in [-0.2, 0) is 19.6 Å². The highest BCUT2D eigenvalue weighted by molar-refractivity contribution is 6.92. The first kappa shape index (κ1) is 46.6. The molecule has 3 aliphatic rings. The molecular formula is C28H61B2N12O3P3. The van der Waals surface area contributed by atoms with Crippen molar-refractivity contribution >= 4 is 44.4 Å². The minimum absolute atomic E-state index is 0. The molecule has 3 aromatic heterocycles. The average molecular weight is 728 g/mol. The van der Waals surface area contributed by atoms with E-state index in [1.54, 1.807) is 0 Å². The zero-order valence-electron chi connectivity index (χ0n) is 29.6. The van der Waals surface area contributed by atoms with Crippen molar-refractivity contribution in [1.29, 1.82) is 0 Å². The summed E-state index contributed by atoms with van der Waals surface area (Å²) in [6.07, 6.45) is 6.92. The molecule has 0 saturated carbocycles. The molecule has 7 N–H and O–H groups in total. The summed E-state index contributed by atoms with van der Waals surface area (Å²) in [5.74, 6) is 5.15. The lowest BCUT2D eigenvalue weighted by atomic mass is 9.88. The van der Waals surface area contributed by atoms with E-state index in [0.717, 1.165) is 76.2 Å². The van der Waals surface area contributed by atoms with Gasteiger partial charge in [0.2, 0.25) is 25.1 Å². The predicted molar refractivity (Wildman–Crippen MR) is 207 cm³/mol. The Labute approximate surface area is 297 Å². The molecule has 3 saturated heterocycles. The van der Waals surface area contributed by atoms with Crippen LogP contribution in [0.15, 0.2) is 13.6 Å². The lowest BCUT2D eigenvalue weighted by molar-refractivity contribution is 0.220. The fourth-order valence-electron chi connectivity index (χ4n) is 5.42. The fourth-order valence-corrected chi connectivity index (χ4v) is 5.42. The van der Waals surface area contributed by atoms with Gasteiger partial charge in [-0.1, -0.05) is 35.9 Å². The molecule has 6 atom stereocenters. The largest absolute Gasteiger partial charge is 0.346 e. The van der Waals surface area contributed by atoms with E-state index in [9.17, 15) is 0 Å². The number of nitrogens with zero attached hydrogens (tertiary/aromatic N) is 8. The number of likely N-dealkylation sites (N-methyl/N-ethyl adjacent to an activating group) is 1. The van der Waals surface area contributed by atoms with Crippen LogP contribution < -0.4 is 22.5 Å². The van der Waals surface area contributed by atoms with Crippen molar-refractivity contribution in [3.05, 3.63) is 35.1 Å². The maximum absolute atomic E-state index is 5.44. The van der Waals surface area contributed by atoms with Gasteiger partial charge in [-0.25, -0.2) is 0 Å². The smallest absolute Gasteiger partial charge is 0.231 e. The maximum Gasteiger partial charge on any atom is 0.231 e. The van der Waals surface area contributed by atoms with Gasteiger partial charge in [0.15, 0.2) is 17.5 Å². The predicted octanol–water partition coefficient (Wildman–Crippen LogP) is 1.67. The molecule has 0 spiro atoms. The maximum atomic E-state index is 5.44. The third-order valence-corrected chi connectivity index (χ3v) is 7.79. The van der Waals surface area contributed by atoms with E-state index in [2.05, 4.69) is 66.7 Å². The number of likely N-dealkylation sites (tertiary alicyclic amines) is 1. The Balaban J connectivity index is 0.000000644. The lowest BCUT2D eigenvalue weighted by Gasteiger charge is -2.29. The van der Waals surface area contributed by atoms with E-state index < -0.39 is 0 Å². The number of hydrogen-bond acceptors (Lipinski definition) is 15. The molecule has 20 heteroatoms. The quantitative estimate of drug-likeness (QED) is 0.201. The van der Waals surface area contributed by atoms with Gasteiger partial charge in [-0.3, -0.25) is 0 Å². The highest BCUT2D eigenvalue weighted by Crippen LogP contribution is 2.26. The average Bonchev–Trinajstić information content (AvgIpc) is 3.88. The second-order valence-corrected chi connectivity index (χ2v) is 11.6. The van der Waals surface area contributed by atoms with Crippen molar-refractivity contribution in [3.63, 3.8) is 0 Å². The molecule has 3 aromatic rings. The molecule has 0 aliphatic carbocycles. The van der Waals surface area contributed by atoms with E-state index in [-0.39, 0.29) is 29.7 Å². The molecule has 6 rings (SSSR count). The third kappa shape index (κ3) is 15.7. The first-order valence-corrected chi connectivity index (χ1v) is 16.2. The third-order valence-electron chi connectivity index (χ3n) is 7.79. The zero-order chi connectivity index (χ0) is 32.4. The van der Waals surface area contributed by atoms with Crippen LogP contribution in [0.2, 0.25) is 20.5 Å². The molecule has 48 heavy (non-hydrogen) atoms. The molecule has 2 radical (unpaired) electrons. The van der Waals surface area contributed by atoms with Crippen molar-refractivity contribution in [2.75, 3.05) is 46.3 Å². The molecule has 15 nitrogen and oxygen atoms in total. The summed E-state index contributed by atoms with van der Waals surface area (Å²) in [4.78, 5) is 17.3. The highest BCUT2D eigenvalue weighted by Gasteiger charge is 2.25. The van der Waals surface area contributed by atoms with Gasteiger partial charge in [0.25, 0.3) is 0 Å². The summed E-state index contributed by atoms with van der Waals surface area (Å²) in [6, 6.07) is 0. The summed E-state index contributed by atoms with van der Waals surface area (Å²) in [6.45, 7) is 13.4. The van der Waals surface area contributed by atoms with E-state index >= 15 is 0 Å².